The second-order valence-electron chi connectivity index (χ2n) is 5.26. The average molecular weight is 246 g/mol. The summed E-state index contributed by atoms with van der Waals surface area (Å²) >= 11 is 0. The molecule has 0 saturated carbocycles. The van der Waals surface area contributed by atoms with Gasteiger partial charge in [0.05, 0.1) is 0 Å². The Bertz CT molecular complexity index is 373. The van der Waals surface area contributed by atoms with Crippen LogP contribution in [0, 0.1) is 0 Å². The highest BCUT2D eigenvalue weighted by Crippen LogP contribution is 2.26. The average Bonchev–Trinajstić information content (AvgIpc) is 2.43. The molecular weight excluding hydrogens is 220 g/mol. The van der Waals surface area contributed by atoms with Crippen LogP contribution in [0.25, 0.3) is 0 Å². The third kappa shape index (κ3) is 3.26. The van der Waals surface area contributed by atoms with Gasteiger partial charge >= 0.3 is 0 Å². The van der Waals surface area contributed by atoms with Crippen LogP contribution < -0.4 is 10.6 Å². The first-order valence-corrected chi connectivity index (χ1v) is 7.43. The number of hydrogen-bond acceptors (Lipinski definition) is 2. The van der Waals surface area contributed by atoms with Gasteiger partial charge < -0.3 is 10.6 Å². The Morgan fingerprint density at radius 2 is 2.22 bits per heavy atom. The van der Waals surface area contributed by atoms with E-state index in [1.807, 2.05) is 0 Å². The van der Waals surface area contributed by atoms with E-state index in [4.69, 9.17) is 0 Å². The molecule has 1 unspecified atom stereocenters. The molecule has 1 aliphatic rings. The standard InChI is InChI=1S/C16H26N2/c1-3-7-15(4-2)18-12-14-9-5-8-13-10-6-11-17-16(13)14/h5,8-9,15,17-18H,3-4,6-7,10-12H2,1-2H3. The van der Waals surface area contributed by atoms with Gasteiger partial charge in [0.15, 0.2) is 0 Å². The summed E-state index contributed by atoms with van der Waals surface area (Å²) in [5, 5.41) is 7.26. The van der Waals surface area contributed by atoms with E-state index in [2.05, 4.69) is 42.7 Å². The molecule has 18 heavy (non-hydrogen) atoms. The smallest absolute Gasteiger partial charge is 0.0418 e. The van der Waals surface area contributed by atoms with Gasteiger partial charge in [-0.1, -0.05) is 38.5 Å². The highest BCUT2D eigenvalue weighted by Gasteiger charge is 2.12. The van der Waals surface area contributed by atoms with Crippen LogP contribution in [0.15, 0.2) is 18.2 Å². The van der Waals surface area contributed by atoms with Crippen molar-refractivity contribution in [3.63, 3.8) is 0 Å². The molecule has 1 aromatic carbocycles. The first-order valence-electron chi connectivity index (χ1n) is 7.43. The number of nitrogens with one attached hydrogen (secondary N) is 2. The Balaban J connectivity index is 2.00. The summed E-state index contributed by atoms with van der Waals surface area (Å²) < 4.78 is 0. The monoisotopic (exact) mass is 246 g/mol. The molecule has 0 radical (unpaired) electrons. The van der Waals surface area contributed by atoms with Crippen molar-refractivity contribution in [2.45, 2.75) is 58.5 Å². The molecule has 1 heterocycles. The fraction of sp³-hybridized carbons (Fsp3) is 0.625. The van der Waals surface area contributed by atoms with Crippen LogP contribution in [0.3, 0.4) is 0 Å². The van der Waals surface area contributed by atoms with E-state index < -0.39 is 0 Å². The zero-order valence-corrected chi connectivity index (χ0v) is 11.8. The molecule has 0 spiro atoms. The predicted octanol–water partition coefficient (Wildman–Crippen LogP) is 3.71. The minimum Gasteiger partial charge on any atom is -0.385 e. The van der Waals surface area contributed by atoms with Crippen LogP contribution >= 0.6 is 0 Å². The Morgan fingerprint density at radius 1 is 1.33 bits per heavy atom. The maximum Gasteiger partial charge on any atom is 0.0418 e. The minimum atomic E-state index is 0.662. The van der Waals surface area contributed by atoms with Gasteiger partial charge in [0, 0.05) is 24.8 Å². The molecule has 0 aromatic heterocycles. The molecular formula is C16H26N2. The van der Waals surface area contributed by atoms with Gasteiger partial charge in [-0.2, -0.15) is 0 Å². The summed E-state index contributed by atoms with van der Waals surface area (Å²) in [5.74, 6) is 0. The molecule has 2 N–H and O–H groups in total. The maximum absolute atomic E-state index is 3.70. The summed E-state index contributed by atoms with van der Waals surface area (Å²) in [7, 11) is 0. The molecule has 0 bridgehead atoms. The number of hydrogen-bond donors (Lipinski definition) is 2. The fourth-order valence-corrected chi connectivity index (χ4v) is 2.78. The van der Waals surface area contributed by atoms with E-state index >= 15 is 0 Å². The second-order valence-corrected chi connectivity index (χ2v) is 5.26. The van der Waals surface area contributed by atoms with Gasteiger partial charge in [-0.3, -0.25) is 0 Å². The zero-order chi connectivity index (χ0) is 12.8. The summed E-state index contributed by atoms with van der Waals surface area (Å²) in [4.78, 5) is 0. The summed E-state index contributed by atoms with van der Waals surface area (Å²) in [6, 6.07) is 7.37. The number of rotatable bonds is 6. The van der Waals surface area contributed by atoms with E-state index in [1.54, 1.807) is 0 Å². The van der Waals surface area contributed by atoms with Crippen LogP contribution in [0.4, 0.5) is 5.69 Å². The lowest BCUT2D eigenvalue weighted by atomic mass is 9.99. The van der Waals surface area contributed by atoms with Gasteiger partial charge in [-0.05, 0) is 36.8 Å². The maximum atomic E-state index is 3.70. The van der Waals surface area contributed by atoms with E-state index in [1.165, 1.54) is 48.9 Å². The highest BCUT2D eigenvalue weighted by molar-refractivity contribution is 5.59. The third-order valence-corrected chi connectivity index (χ3v) is 3.87. The van der Waals surface area contributed by atoms with Crippen LogP contribution in [0.1, 0.15) is 50.7 Å². The normalized spacial score (nSPS) is 15.9. The lowest BCUT2D eigenvalue weighted by Crippen LogP contribution is -2.28. The van der Waals surface area contributed by atoms with Gasteiger partial charge in [-0.15, -0.1) is 0 Å². The van der Waals surface area contributed by atoms with Gasteiger partial charge in [0.1, 0.15) is 0 Å². The Labute approximate surface area is 111 Å². The molecule has 1 aromatic rings. The first kappa shape index (κ1) is 13.4. The second kappa shape index (κ2) is 6.79. The largest absolute Gasteiger partial charge is 0.385 e. The molecule has 100 valence electrons. The number of para-hydroxylation sites is 1. The van der Waals surface area contributed by atoms with E-state index in [-0.39, 0.29) is 0 Å². The van der Waals surface area contributed by atoms with Crippen molar-refractivity contribution < 1.29 is 0 Å². The Hall–Kier alpha value is -1.02. The Morgan fingerprint density at radius 3 is 3.00 bits per heavy atom. The molecule has 1 atom stereocenters. The molecule has 0 fully saturated rings. The fourth-order valence-electron chi connectivity index (χ4n) is 2.78. The summed E-state index contributed by atoms with van der Waals surface area (Å²) in [6.45, 7) is 6.65. The predicted molar refractivity (Wildman–Crippen MR) is 79.1 cm³/mol. The van der Waals surface area contributed by atoms with Crippen LogP contribution in [-0.4, -0.2) is 12.6 Å². The van der Waals surface area contributed by atoms with Crippen molar-refractivity contribution in [2.24, 2.45) is 0 Å². The number of benzene rings is 1. The minimum absolute atomic E-state index is 0.662. The molecule has 0 amide bonds. The number of fused-ring (bicyclic) bond motifs is 1. The van der Waals surface area contributed by atoms with Crippen molar-refractivity contribution in [1.29, 1.82) is 0 Å². The highest BCUT2D eigenvalue weighted by atomic mass is 14.9. The van der Waals surface area contributed by atoms with Crippen molar-refractivity contribution in [2.75, 3.05) is 11.9 Å². The van der Waals surface area contributed by atoms with Crippen molar-refractivity contribution in [3.05, 3.63) is 29.3 Å². The quantitative estimate of drug-likeness (QED) is 0.799. The van der Waals surface area contributed by atoms with Crippen LogP contribution in [0.2, 0.25) is 0 Å². The lowest BCUT2D eigenvalue weighted by Gasteiger charge is -2.23. The topological polar surface area (TPSA) is 24.1 Å². The molecule has 0 aliphatic carbocycles. The first-order chi connectivity index (χ1) is 8.85. The molecule has 2 rings (SSSR count). The van der Waals surface area contributed by atoms with Crippen molar-refractivity contribution in [1.82, 2.24) is 5.32 Å². The zero-order valence-electron chi connectivity index (χ0n) is 11.8. The van der Waals surface area contributed by atoms with Crippen LogP contribution in [0.5, 0.6) is 0 Å². The molecule has 0 saturated heterocycles. The molecule has 1 aliphatic heterocycles. The molecule has 2 heteroatoms. The van der Waals surface area contributed by atoms with E-state index in [0.717, 1.165) is 13.1 Å². The van der Waals surface area contributed by atoms with Crippen molar-refractivity contribution >= 4 is 5.69 Å². The van der Waals surface area contributed by atoms with Crippen LogP contribution in [-0.2, 0) is 13.0 Å². The third-order valence-electron chi connectivity index (χ3n) is 3.87. The molecule has 2 nitrogen and oxygen atoms in total. The van der Waals surface area contributed by atoms with Gasteiger partial charge in [0.25, 0.3) is 0 Å². The van der Waals surface area contributed by atoms with E-state index in [9.17, 15) is 0 Å². The lowest BCUT2D eigenvalue weighted by molar-refractivity contribution is 0.462. The number of aryl methyl sites for hydroxylation is 1. The van der Waals surface area contributed by atoms with Gasteiger partial charge in [0.2, 0.25) is 0 Å². The summed E-state index contributed by atoms with van der Waals surface area (Å²) in [5.41, 5.74) is 4.31. The SMILES string of the molecule is CCCC(CC)NCc1cccc2c1NCCC2. The van der Waals surface area contributed by atoms with Gasteiger partial charge in [-0.25, -0.2) is 0 Å². The van der Waals surface area contributed by atoms with Crippen molar-refractivity contribution in [3.8, 4) is 0 Å². The Kier molecular flexibility index (Phi) is 5.06. The number of anilines is 1. The summed E-state index contributed by atoms with van der Waals surface area (Å²) in [6.07, 6.45) is 6.24. The van der Waals surface area contributed by atoms with E-state index in [0.29, 0.717) is 6.04 Å².